The van der Waals surface area contributed by atoms with Crippen LogP contribution in [0, 0.1) is 5.92 Å². The fraction of sp³-hybridized carbons (Fsp3) is 0.577. The monoisotopic (exact) mass is 475 g/mol. The smallest absolute Gasteiger partial charge is 0.330 e. The van der Waals surface area contributed by atoms with Gasteiger partial charge in [-0.1, -0.05) is 50.0 Å². The number of allylic oxidation sites excluding steroid dienone is 2. The Labute approximate surface area is 197 Å². The number of nitrogens with one attached hydrogen (secondary N) is 1. The molecule has 0 saturated heterocycles. The van der Waals surface area contributed by atoms with Crippen LogP contribution in [-0.2, 0) is 20.0 Å². The van der Waals surface area contributed by atoms with E-state index in [9.17, 15) is 9.36 Å². The number of rotatable bonds is 14. The molecule has 0 unspecified atom stereocenters. The summed E-state index contributed by atoms with van der Waals surface area (Å²) in [5, 5.41) is 0.879. The summed E-state index contributed by atoms with van der Waals surface area (Å²) in [5.74, 6) is 1.47. The maximum Gasteiger partial charge on any atom is 0.330 e. The third-order valence-electron chi connectivity index (χ3n) is 6.15. The fourth-order valence-electron chi connectivity index (χ4n) is 4.55. The first-order valence-corrected chi connectivity index (χ1v) is 14.1. The number of fused-ring (bicyclic) bond motifs is 1. The van der Waals surface area contributed by atoms with Crippen LogP contribution >= 0.6 is 7.60 Å². The quantitative estimate of drug-likeness (QED) is 0.188. The maximum absolute atomic E-state index is 12.8. The van der Waals surface area contributed by atoms with Gasteiger partial charge < -0.3 is 18.8 Å². The fourth-order valence-corrected chi connectivity index (χ4v) is 6.18. The molecule has 6 nitrogen and oxygen atoms in total. The van der Waals surface area contributed by atoms with Gasteiger partial charge in [-0.3, -0.25) is 9.36 Å². The number of benzene rings is 1. The Morgan fingerprint density at radius 2 is 1.82 bits per heavy atom. The number of ether oxygens (including phenoxy) is 1. The molecule has 182 valence electrons. The Kier molecular flexibility index (Phi) is 10.2. The second kappa shape index (κ2) is 13.1. The highest BCUT2D eigenvalue weighted by atomic mass is 31.2. The van der Waals surface area contributed by atoms with Crippen LogP contribution in [-0.4, -0.2) is 31.0 Å². The summed E-state index contributed by atoms with van der Waals surface area (Å²) in [7, 11) is -3.10. The van der Waals surface area contributed by atoms with Crippen molar-refractivity contribution in [3.05, 3.63) is 52.3 Å². The van der Waals surface area contributed by atoms with Gasteiger partial charge in [0, 0.05) is 5.39 Å². The van der Waals surface area contributed by atoms with Crippen molar-refractivity contribution < 1.29 is 18.3 Å². The minimum Gasteiger partial charge on any atom is -0.492 e. The second-order valence-corrected chi connectivity index (χ2v) is 10.8. The molecular weight excluding hydrogens is 437 g/mol. The molecule has 0 bridgehead atoms. The summed E-state index contributed by atoms with van der Waals surface area (Å²) in [4.78, 5) is 15.8. The molecule has 1 aliphatic carbocycles. The van der Waals surface area contributed by atoms with E-state index in [4.69, 9.17) is 13.8 Å². The van der Waals surface area contributed by atoms with Gasteiger partial charge in [0.1, 0.15) is 5.75 Å². The van der Waals surface area contributed by atoms with Gasteiger partial charge in [0.05, 0.1) is 37.1 Å². The molecule has 3 rings (SSSR count). The molecule has 1 N–H and O–H groups in total. The highest BCUT2D eigenvalue weighted by Gasteiger charge is 2.23. The molecule has 0 amide bonds. The third kappa shape index (κ3) is 7.56. The van der Waals surface area contributed by atoms with E-state index in [-0.39, 0.29) is 11.7 Å². The predicted molar refractivity (Wildman–Crippen MR) is 134 cm³/mol. The average Bonchev–Trinajstić information content (AvgIpc) is 3.31. The van der Waals surface area contributed by atoms with Crippen LogP contribution in [0.2, 0.25) is 0 Å². The predicted octanol–water partition coefficient (Wildman–Crippen LogP) is 6.63. The van der Waals surface area contributed by atoms with E-state index < -0.39 is 7.60 Å². The van der Waals surface area contributed by atoms with Crippen LogP contribution < -0.4 is 10.3 Å². The highest BCUT2D eigenvalue weighted by molar-refractivity contribution is 7.53. The number of aromatic nitrogens is 1. The van der Waals surface area contributed by atoms with Crippen LogP contribution in [0.5, 0.6) is 5.75 Å². The number of hydrogen-bond acceptors (Lipinski definition) is 5. The first kappa shape index (κ1) is 25.7. The lowest BCUT2D eigenvalue weighted by molar-refractivity contribution is 0.216. The van der Waals surface area contributed by atoms with Gasteiger partial charge in [-0.05, 0) is 57.6 Å². The topological polar surface area (TPSA) is 77.6 Å². The van der Waals surface area contributed by atoms with E-state index in [2.05, 4.69) is 17.1 Å². The molecule has 2 aromatic rings. The van der Waals surface area contributed by atoms with Crippen LogP contribution in [0.3, 0.4) is 0 Å². The Hall–Kier alpha value is -1.88. The SMILES string of the molecule is CCOP(=O)(CCCOc1c(C/C=C/CCC2CCCC2)c(=O)[nH]c2ccccc12)OCC. The van der Waals surface area contributed by atoms with E-state index in [1.54, 1.807) is 13.8 Å². The summed E-state index contributed by atoms with van der Waals surface area (Å²) in [6.45, 7) is 4.62. The molecule has 0 aliphatic heterocycles. The Morgan fingerprint density at radius 3 is 2.55 bits per heavy atom. The first-order chi connectivity index (χ1) is 16.1. The zero-order chi connectivity index (χ0) is 23.5. The lowest BCUT2D eigenvalue weighted by atomic mass is 10.0. The Morgan fingerprint density at radius 1 is 1.09 bits per heavy atom. The van der Waals surface area contributed by atoms with Gasteiger partial charge in [-0.2, -0.15) is 0 Å². The molecule has 1 aromatic heterocycles. The van der Waals surface area contributed by atoms with Gasteiger partial charge in [0.25, 0.3) is 5.56 Å². The van der Waals surface area contributed by atoms with Crippen molar-refractivity contribution in [2.24, 2.45) is 5.92 Å². The van der Waals surface area contributed by atoms with Crippen LogP contribution in [0.1, 0.15) is 64.4 Å². The molecule has 1 saturated carbocycles. The lowest BCUT2D eigenvalue weighted by Crippen LogP contribution is -2.16. The number of pyridine rings is 1. The molecule has 1 aliphatic rings. The van der Waals surface area contributed by atoms with Crippen LogP contribution in [0.4, 0.5) is 0 Å². The Balaban J connectivity index is 1.68. The molecule has 0 radical (unpaired) electrons. The number of aromatic amines is 1. The molecular formula is C26H38NO5P. The van der Waals surface area contributed by atoms with Crippen molar-refractivity contribution in [2.45, 2.75) is 65.2 Å². The van der Waals surface area contributed by atoms with E-state index in [1.165, 1.54) is 32.1 Å². The van der Waals surface area contributed by atoms with Gasteiger partial charge in [0.2, 0.25) is 0 Å². The summed E-state index contributed by atoms with van der Waals surface area (Å²) in [5.41, 5.74) is 1.25. The summed E-state index contributed by atoms with van der Waals surface area (Å²) in [6, 6.07) is 7.67. The van der Waals surface area contributed by atoms with E-state index in [0.717, 1.165) is 23.2 Å². The normalized spacial score (nSPS) is 15.1. The second-order valence-electron chi connectivity index (χ2n) is 8.58. The molecule has 1 heterocycles. The van der Waals surface area contributed by atoms with Gasteiger partial charge in [-0.15, -0.1) is 0 Å². The van der Waals surface area contributed by atoms with Crippen LogP contribution in [0.15, 0.2) is 41.2 Å². The summed E-state index contributed by atoms with van der Waals surface area (Å²) >= 11 is 0. The van der Waals surface area contributed by atoms with Gasteiger partial charge in [0.15, 0.2) is 0 Å². The van der Waals surface area contributed by atoms with Crippen molar-refractivity contribution in [3.8, 4) is 5.75 Å². The third-order valence-corrected chi connectivity index (χ3v) is 8.31. The average molecular weight is 476 g/mol. The zero-order valence-electron chi connectivity index (χ0n) is 20.0. The highest BCUT2D eigenvalue weighted by Crippen LogP contribution is 2.48. The molecule has 7 heteroatoms. The van der Waals surface area contributed by atoms with Crippen molar-refractivity contribution in [3.63, 3.8) is 0 Å². The van der Waals surface area contributed by atoms with Crippen LogP contribution in [0.25, 0.3) is 10.9 Å². The molecule has 33 heavy (non-hydrogen) atoms. The Bertz CT molecular complexity index is 999. The zero-order valence-corrected chi connectivity index (χ0v) is 20.9. The molecule has 1 aromatic carbocycles. The summed E-state index contributed by atoms with van der Waals surface area (Å²) in [6.07, 6.45) is 13.3. The molecule has 0 spiro atoms. The first-order valence-electron chi connectivity index (χ1n) is 12.4. The van der Waals surface area contributed by atoms with Gasteiger partial charge in [-0.25, -0.2) is 0 Å². The number of H-pyrrole nitrogens is 1. The van der Waals surface area contributed by atoms with Crippen molar-refractivity contribution in [1.29, 1.82) is 0 Å². The van der Waals surface area contributed by atoms with Gasteiger partial charge >= 0.3 is 7.60 Å². The summed E-state index contributed by atoms with van der Waals surface area (Å²) < 4.78 is 29.6. The van der Waals surface area contributed by atoms with E-state index >= 15 is 0 Å². The largest absolute Gasteiger partial charge is 0.492 e. The standard InChI is InChI=1S/C26H38NO5P/c1-3-31-33(29,32-4-2)20-12-19-30-25-22-16-10-11-18-24(22)27-26(28)23(25)17-7-5-6-13-21-14-8-9-15-21/h5,7,10-11,16,18,21H,3-4,6,8-9,12-15,17,19-20H2,1-2H3,(H,27,28)/b7-5+. The van der Waals surface area contributed by atoms with Crippen molar-refractivity contribution >= 4 is 18.5 Å². The van der Waals surface area contributed by atoms with Crippen molar-refractivity contribution in [1.82, 2.24) is 4.98 Å². The number of hydrogen-bond donors (Lipinski definition) is 1. The minimum absolute atomic E-state index is 0.126. The number of para-hydroxylation sites is 1. The van der Waals surface area contributed by atoms with E-state index in [0.29, 0.717) is 44.0 Å². The van der Waals surface area contributed by atoms with E-state index in [1.807, 2.05) is 24.3 Å². The molecule has 0 atom stereocenters. The van der Waals surface area contributed by atoms with Crippen molar-refractivity contribution in [2.75, 3.05) is 26.0 Å². The lowest BCUT2D eigenvalue weighted by Gasteiger charge is -2.17. The minimum atomic E-state index is -3.10. The molecule has 1 fully saturated rings. The maximum atomic E-state index is 12.8.